The molecule has 0 spiro atoms. The number of nitrogens with one attached hydrogen (secondary N) is 1. The van der Waals surface area contributed by atoms with Gasteiger partial charge in [0.2, 0.25) is 0 Å². The molecule has 3 N–H and O–H groups in total. The molecule has 0 aromatic heterocycles. The summed E-state index contributed by atoms with van der Waals surface area (Å²) in [4.78, 5) is 11.3. The summed E-state index contributed by atoms with van der Waals surface area (Å²) in [6, 6.07) is -0.671. The largest absolute Gasteiger partial charge is 0.444 e. The molecule has 4 nitrogen and oxygen atoms in total. The first-order chi connectivity index (χ1) is 6.78. The van der Waals surface area contributed by atoms with E-state index < -0.39 is 23.9 Å². The van der Waals surface area contributed by atoms with Gasteiger partial charge < -0.3 is 15.8 Å². The number of carbonyl (C=O) groups is 1. The third-order valence-electron chi connectivity index (χ3n) is 2.22. The van der Waals surface area contributed by atoms with Crippen LogP contribution in [0.1, 0.15) is 33.6 Å². The molecular formula is C10H19FN2O2. The van der Waals surface area contributed by atoms with E-state index in [0.29, 0.717) is 12.8 Å². The van der Waals surface area contributed by atoms with Gasteiger partial charge in [-0.1, -0.05) is 0 Å². The Hall–Kier alpha value is -0.840. The van der Waals surface area contributed by atoms with Gasteiger partial charge in [0.15, 0.2) is 0 Å². The molecule has 15 heavy (non-hydrogen) atoms. The minimum Gasteiger partial charge on any atom is -0.444 e. The molecule has 1 aliphatic carbocycles. The van der Waals surface area contributed by atoms with Crippen molar-refractivity contribution in [2.45, 2.75) is 57.5 Å². The van der Waals surface area contributed by atoms with Crippen molar-refractivity contribution in [1.82, 2.24) is 5.32 Å². The Labute approximate surface area is 89.3 Å². The number of carbonyl (C=O) groups excluding carboxylic acids is 1. The van der Waals surface area contributed by atoms with E-state index in [1.54, 1.807) is 20.8 Å². The van der Waals surface area contributed by atoms with Crippen LogP contribution in [0.2, 0.25) is 0 Å². The maximum Gasteiger partial charge on any atom is 0.407 e. The highest BCUT2D eigenvalue weighted by Crippen LogP contribution is 2.21. The second-order valence-corrected chi connectivity index (χ2v) is 5.00. The van der Waals surface area contributed by atoms with Crippen LogP contribution in [-0.4, -0.2) is 29.9 Å². The van der Waals surface area contributed by atoms with Crippen LogP contribution in [0.4, 0.5) is 9.18 Å². The fraction of sp³-hybridized carbons (Fsp3) is 0.900. The second-order valence-electron chi connectivity index (χ2n) is 5.00. The Morgan fingerprint density at radius 3 is 2.47 bits per heavy atom. The average Bonchev–Trinajstić information content (AvgIpc) is 2.25. The van der Waals surface area contributed by atoms with Gasteiger partial charge >= 0.3 is 6.09 Å². The van der Waals surface area contributed by atoms with Crippen LogP contribution in [0.3, 0.4) is 0 Å². The first-order valence-corrected chi connectivity index (χ1v) is 5.17. The minimum absolute atomic E-state index is 0.167. The van der Waals surface area contributed by atoms with Crippen molar-refractivity contribution in [3.8, 4) is 0 Å². The molecule has 0 heterocycles. The van der Waals surface area contributed by atoms with Crippen molar-refractivity contribution in [2.24, 2.45) is 5.73 Å². The number of alkyl carbamates (subject to hydrolysis) is 1. The van der Waals surface area contributed by atoms with Crippen LogP contribution in [0.5, 0.6) is 0 Å². The predicted molar refractivity (Wildman–Crippen MR) is 55.3 cm³/mol. The lowest BCUT2D eigenvalue weighted by molar-refractivity contribution is 0.0484. The van der Waals surface area contributed by atoms with Gasteiger partial charge in [0.1, 0.15) is 11.8 Å². The van der Waals surface area contributed by atoms with E-state index in [-0.39, 0.29) is 6.04 Å². The Bertz CT molecular complexity index is 240. The smallest absolute Gasteiger partial charge is 0.407 e. The van der Waals surface area contributed by atoms with E-state index in [0.717, 1.165) is 0 Å². The molecule has 1 rings (SSSR count). The van der Waals surface area contributed by atoms with Gasteiger partial charge in [0, 0.05) is 6.04 Å². The molecule has 0 aromatic carbocycles. The molecule has 88 valence electrons. The third kappa shape index (κ3) is 4.03. The van der Waals surface area contributed by atoms with Crippen LogP contribution in [-0.2, 0) is 4.74 Å². The number of hydrogen-bond donors (Lipinski definition) is 2. The average molecular weight is 218 g/mol. The zero-order valence-corrected chi connectivity index (χ0v) is 9.42. The predicted octanol–water partition coefficient (Wildman–Crippen LogP) is 1.34. The summed E-state index contributed by atoms with van der Waals surface area (Å²) in [5.41, 5.74) is 5.03. The standard InChI is InChI=1S/C10H19FN2O2/c1-10(2,3)15-9(14)13-8-5-6(12)4-7(8)11/h6-8H,4-5,12H2,1-3H3,(H,13,14). The Morgan fingerprint density at radius 1 is 1.47 bits per heavy atom. The van der Waals surface area contributed by atoms with Crippen molar-refractivity contribution in [3.63, 3.8) is 0 Å². The van der Waals surface area contributed by atoms with Gasteiger partial charge in [-0.05, 0) is 33.6 Å². The van der Waals surface area contributed by atoms with Crippen molar-refractivity contribution >= 4 is 6.09 Å². The zero-order valence-electron chi connectivity index (χ0n) is 9.42. The maximum atomic E-state index is 13.3. The third-order valence-corrected chi connectivity index (χ3v) is 2.22. The van der Waals surface area contributed by atoms with Gasteiger partial charge in [-0.15, -0.1) is 0 Å². The van der Waals surface area contributed by atoms with E-state index in [1.165, 1.54) is 0 Å². The van der Waals surface area contributed by atoms with E-state index in [2.05, 4.69) is 5.32 Å². The van der Waals surface area contributed by atoms with Crippen LogP contribution in [0.15, 0.2) is 0 Å². The van der Waals surface area contributed by atoms with E-state index in [4.69, 9.17) is 10.5 Å². The SMILES string of the molecule is CC(C)(C)OC(=O)NC1CC(N)CC1F. The Balaban J connectivity index is 2.39. The van der Waals surface area contributed by atoms with Crippen LogP contribution in [0, 0.1) is 0 Å². The van der Waals surface area contributed by atoms with Crippen molar-refractivity contribution in [3.05, 3.63) is 0 Å². The molecule has 0 bridgehead atoms. The van der Waals surface area contributed by atoms with Crippen LogP contribution >= 0.6 is 0 Å². The van der Waals surface area contributed by atoms with E-state index in [1.807, 2.05) is 0 Å². The number of rotatable bonds is 1. The van der Waals surface area contributed by atoms with Crippen molar-refractivity contribution in [2.75, 3.05) is 0 Å². The van der Waals surface area contributed by atoms with Crippen molar-refractivity contribution in [1.29, 1.82) is 0 Å². The number of ether oxygens (including phenoxy) is 1. The summed E-state index contributed by atoms with van der Waals surface area (Å²) >= 11 is 0. The normalized spacial score (nSPS) is 31.4. The van der Waals surface area contributed by atoms with Gasteiger partial charge in [-0.3, -0.25) is 0 Å². The Morgan fingerprint density at radius 2 is 2.07 bits per heavy atom. The lowest BCUT2D eigenvalue weighted by Crippen LogP contribution is -2.41. The second kappa shape index (κ2) is 4.35. The molecule has 1 amide bonds. The van der Waals surface area contributed by atoms with Crippen LogP contribution < -0.4 is 11.1 Å². The molecule has 0 saturated heterocycles. The lowest BCUT2D eigenvalue weighted by Gasteiger charge is -2.22. The number of halogens is 1. The van der Waals surface area contributed by atoms with Gasteiger partial charge in [-0.2, -0.15) is 0 Å². The number of amides is 1. The zero-order chi connectivity index (χ0) is 11.6. The maximum absolute atomic E-state index is 13.3. The molecule has 5 heteroatoms. The quantitative estimate of drug-likeness (QED) is 0.698. The van der Waals surface area contributed by atoms with E-state index in [9.17, 15) is 9.18 Å². The molecule has 1 fully saturated rings. The summed E-state index contributed by atoms with van der Waals surface area (Å²) in [7, 11) is 0. The van der Waals surface area contributed by atoms with Crippen molar-refractivity contribution < 1.29 is 13.9 Å². The summed E-state index contributed by atoms with van der Waals surface area (Å²) < 4.78 is 18.3. The molecule has 3 unspecified atom stereocenters. The first-order valence-electron chi connectivity index (χ1n) is 5.17. The number of alkyl halides is 1. The lowest BCUT2D eigenvalue weighted by atomic mass is 10.2. The van der Waals surface area contributed by atoms with Gasteiger partial charge in [0.25, 0.3) is 0 Å². The highest BCUT2D eigenvalue weighted by molar-refractivity contribution is 5.68. The molecule has 0 radical (unpaired) electrons. The summed E-state index contributed by atoms with van der Waals surface area (Å²) in [5.74, 6) is 0. The molecule has 0 aliphatic heterocycles. The summed E-state index contributed by atoms with van der Waals surface area (Å²) in [5, 5.41) is 2.50. The fourth-order valence-electron chi connectivity index (χ4n) is 1.63. The van der Waals surface area contributed by atoms with Gasteiger partial charge in [0.05, 0.1) is 6.04 Å². The molecule has 1 saturated carbocycles. The Kier molecular flexibility index (Phi) is 3.54. The number of nitrogens with two attached hydrogens (primary N) is 1. The summed E-state index contributed by atoms with van der Waals surface area (Å²) in [6.07, 6.45) is -0.863. The highest BCUT2D eigenvalue weighted by atomic mass is 19.1. The minimum atomic E-state index is -1.06. The summed E-state index contributed by atoms with van der Waals surface area (Å²) in [6.45, 7) is 5.29. The monoisotopic (exact) mass is 218 g/mol. The molecule has 1 aliphatic rings. The number of hydrogen-bond acceptors (Lipinski definition) is 3. The first kappa shape index (κ1) is 12.2. The molecular weight excluding hydrogens is 199 g/mol. The van der Waals surface area contributed by atoms with Gasteiger partial charge in [-0.25, -0.2) is 9.18 Å². The fourth-order valence-corrected chi connectivity index (χ4v) is 1.63. The van der Waals surface area contributed by atoms with E-state index >= 15 is 0 Å². The topological polar surface area (TPSA) is 64.3 Å². The highest BCUT2D eigenvalue weighted by Gasteiger charge is 2.34. The molecule has 3 atom stereocenters. The van der Waals surface area contributed by atoms with Crippen LogP contribution in [0.25, 0.3) is 0 Å². The molecule has 0 aromatic rings.